The number of nitrogens with zero attached hydrogens (tertiary/aromatic N) is 1. The molecule has 0 radical (unpaired) electrons. The maximum Gasteiger partial charge on any atom is 0.0254 e. The summed E-state index contributed by atoms with van der Waals surface area (Å²) in [5.41, 5.74) is 0. The van der Waals surface area contributed by atoms with Gasteiger partial charge in [-0.2, -0.15) is 0 Å². The van der Waals surface area contributed by atoms with Crippen molar-refractivity contribution in [3.05, 3.63) is 0 Å². The lowest BCUT2D eigenvalue weighted by atomic mass is 9.50. The van der Waals surface area contributed by atoms with E-state index in [-0.39, 0.29) is 0 Å². The summed E-state index contributed by atoms with van der Waals surface area (Å²) in [6, 6.07) is 0.850. The van der Waals surface area contributed by atoms with E-state index in [9.17, 15) is 0 Å². The average Bonchev–Trinajstić information content (AvgIpc) is 2.89. The maximum absolute atomic E-state index is 3.51. The lowest BCUT2D eigenvalue weighted by Gasteiger charge is -2.57. The molecule has 5 fully saturated rings. The van der Waals surface area contributed by atoms with Crippen LogP contribution in [0.25, 0.3) is 0 Å². The highest BCUT2D eigenvalue weighted by molar-refractivity contribution is 5.02. The Morgan fingerprint density at radius 3 is 2.05 bits per heavy atom. The molecule has 4 saturated carbocycles. The minimum atomic E-state index is 0.850. The number of likely N-dealkylation sites (tertiary alicyclic amines) is 1. The third kappa shape index (κ3) is 2.15. The van der Waals surface area contributed by atoms with Crippen LogP contribution < -0.4 is 5.32 Å². The topological polar surface area (TPSA) is 15.3 Å². The zero-order valence-corrected chi connectivity index (χ0v) is 12.5. The van der Waals surface area contributed by atoms with Crippen molar-refractivity contribution in [1.29, 1.82) is 0 Å². The third-order valence-corrected chi connectivity index (χ3v) is 6.77. The van der Waals surface area contributed by atoms with Gasteiger partial charge in [-0.25, -0.2) is 0 Å². The van der Waals surface area contributed by atoms with E-state index in [1.807, 2.05) is 0 Å². The van der Waals surface area contributed by atoms with Crippen molar-refractivity contribution < 1.29 is 0 Å². The molecule has 4 bridgehead atoms. The number of hydrogen-bond acceptors (Lipinski definition) is 2. The van der Waals surface area contributed by atoms with Crippen molar-refractivity contribution in [2.45, 2.75) is 51.0 Å². The van der Waals surface area contributed by atoms with E-state index in [2.05, 4.69) is 17.3 Å². The van der Waals surface area contributed by atoms with Crippen LogP contribution in [0.5, 0.6) is 0 Å². The Bertz CT molecular complexity index is 293. The molecule has 0 amide bonds. The van der Waals surface area contributed by atoms with Gasteiger partial charge in [-0.15, -0.1) is 0 Å². The maximum atomic E-state index is 3.51. The second-order valence-electron chi connectivity index (χ2n) is 7.88. The summed E-state index contributed by atoms with van der Waals surface area (Å²) in [5.74, 6) is 5.42. The minimum Gasteiger partial charge on any atom is -0.318 e. The van der Waals surface area contributed by atoms with Gasteiger partial charge in [0.2, 0.25) is 0 Å². The standard InChI is InChI=1S/C17H30N2/c1-18-11-16(19-4-2-3-5-19)17-14-7-12-6-13(9-14)10-15(17)8-12/h12-18H,2-11H2,1H3. The first-order valence-electron chi connectivity index (χ1n) is 8.73. The molecule has 1 aliphatic heterocycles. The summed E-state index contributed by atoms with van der Waals surface area (Å²) >= 11 is 0. The first-order valence-corrected chi connectivity index (χ1v) is 8.73. The molecular formula is C17H30N2. The van der Waals surface area contributed by atoms with Crippen molar-refractivity contribution in [2.24, 2.45) is 29.6 Å². The molecule has 1 heterocycles. The Hall–Kier alpha value is -0.0800. The van der Waals surface area contributed by atoms with Gasteiger partial charge in [0.25, 0.3) is 0 Å². The highest BCUT2D eigenvalue weighted by Gasteiger charge is 2.51. The van der Waals surface area contributed by atoms with Crippen molar-refractivity contribution >= 4 is 0 Å². The normalized spacial score (nSPS) is 46.9. The van der Waals surface area contributed by atoms with Crippen LogP contribution in [-0.2, 0) is 0 Å². The Balaban J connectivity index is 1.55. The first kappa shape index (κ1) is 12.6. The van der Waals surface area contributed by atoms with Gasteiger partial charge in [0.15, 0.2) is 0 Å². The zero-order valence-electron chi connectivity index (χ0n) is 12.5. The van der Waals surface area contributed by atoms with Gasteiger partial charge in [-0.3, -0.25) is 4.90 Å². The molecule has 5 aliphatic rings. The van der Waals surface area contributed by atoms with Crippen LogP contribution in [0.2, 0.25) is 0 Å². The fraction of sp³-hybridized carbons (Fsp3) is 1.00. The SMILES string of the molecule is CNCC(C1C2CC3CC(C2)CC1C3)N1CCCC1. The molecule has 5 rings (SSSR count). The van der Waals surface area contributed by atoms with Crippen LogP contribution in [0, 0.1) is 29.6 Å². The number of nitrogens with one attached hydrogen (secondary N) is 1. The van der Waals surface area contributed by atoms with Crippen LogP contribution in [-0.4, -0.2) is 37.6 Å². The predicted octanol–water partition coefficient (Wildman–Crippen LogP) is 2.74. The van der Waals surface area contributed by atoms with Gasteiger partial charge in [0.05, 0.1) is 0 Å². The monoisotopic (exact) mass is 262 g/mol. The van der Waals surface area contributed by atoms with Crippen molar-refractivity contribution in [3.63, 3.8) is 0 Å². The van der Waals surface area contributed by atoms with Crippen LogP contribution in [0.3, 0.4) is 0 Å². The van der Waals surface area contributed by atoms with Gasteiger partial charge in [0, 0.05) is 12.6 Å². The van der Waals surface area contributed by atoms with Gasteiger partial charge < -0.3 is 5.32 Å². The quantitative estimate of drug-likeness (QED) is 0.838. The summed E-state index contributed by atoms with van der Waals surface area (Å²) < 4.78 is 0. The van der Waals surface area contributed by atoms with Crippen LogP contribution in [0.15, 0.2) is 0 Å². The molecule has 1 unspecified atom stereocenters. The molecule has 0 aromatic heterocycles. The molecule has 0 aromatic rings. The molecule has 1 atom stereocenters. The predicted molar refractivity (Wildman–Crippen MR) is 79.1 cm³/mol. The molecule has 2 nitrogen and oxygen atoms in total. The van der Waals surface area contributed by atoms with Gasteiger partial charge in [-0.05, 0) is 94.7 Å². The van der Waals surface area contributed by atoms with E-state index in [1.165, 1.54) is 32.5 Å². The highest BCUT2D eigenvalue weighted by Crippen LogP contribution is 2.57. The van der Waals surface area contributed by atoms with E-state index in [4.69, 9.17) is 0 Å². The number of likely N-dealkylation sites (N-methyl/N-ethyl adjacent to an activating group) is 1. The molecule has 2 heteroatoms. The Morgan fingerprint density at radius 2 is 1.53 bits per heavy atom. The Morgan fingerprint density at radius 1 is 0.947 bits per heavy atom. The van der Waals surface area contributed by atoms with Crippen molar-refractivity contribution in [2.75, 3.05) is 26.7 Å². The third-order valence-electron chi connectivity index (χ3n) is 6.77. The largest absolute Gasteiger partial charge is 0.318 e. The summed E-state index contributed by atoms with van der Waals surface area (Å²) in [5, 5.41) is 3.51. The first-order chi connectivity index (χ1) is 9.35. The van der Waals surface area contributed by atoms with Gasteiger partial charge >= 0.3 is 0 Å². The molecule has 0 spiro atoms. The summed E-state index contributed by atoms with van der Waals surface area (Å²) in [6.45, 7) is 3.97. The second kappa shape index (κ2) is 5.04. The van der Waals surface area contributed by atoms with Crippen LogP contribution in [0.1, 0.15) is 44.9 Å². The van der Waals surface area contributed by atoms with Crippen molar-refractivity contribution in [3.8, 4) is 0 Å². The second-order valence-corrected chi connectivity index (χ2v) is 7.88. The smallest absolute Gasteiger partial charge is 0.0254 e. The molecular weight excluding hydrogens is 232 g/mol. The van der Waals surface area contributed by atoms with Gasteiger partial charge in [0.1, 0.15) is 0 Å². The van der Waals surface area contributed by atoms with Crippen LogP contribution >= 0.6 is 0 Å². The zero-order chi connectivity index (χ0) is 12.8. The molecule has 4 aliphatic carbocycles. The Kier molecular flexibility index (Phi) is 3.35. The summed E-state index contributed by atoms with van der Waals surface area (Å²) in [6.07, 6.45) is 10.8. The fourth-order valence-electron chi connectivity index (χ4n) is 6.39. The van der Waals surface area contributed by atoms with E-state index < -0.39 is 0 Å². The van der Waals surface area contributed by atoms with Crippen molar-refractivity contribution in [1.82, 2.24) is 10.2 Å². The molecule has 1 N–H and O–H groups in total. The molecule has 108 valence electrons. The average molecular weight is 262 g/mol. The van der Waals surface area contributed by atoms with E-state index >= 15 is 0 Å². The van der Waals surface area contributed by atoms with Crippen LogP contribution in [0.4, 0.5) is 0 Å². The fourth-order valence-corrected chi connectivity index (χ4v) is 6.39. The number of hydrogen-bond donors (Lipinski definition) is 1. The van der Waals surface area contributed by atoms with E-state index in [1.54, 1.807) is 32.1 Å². The minimum absolute atomic E-state index is 0.850. The van der Waals surface area contributed by atoms with E-state index in [0.29, 0.717) is 0 Å². The van der Waals surface area contributed by atoms with E-state index in [0.717, 1.165) is 35.6 Å². The molecule has 0 aromatic carbocycles. The highest BCUT2D eigenvalue weighted by atomic mass is 15.2. The van der Waals surface area contributed by atoms with Gasteiger partial charge in [-0.1, -0.05) is 0 Å². The molecule has 19 heavy (non-hydrogen) atoms. The number of rotatable bonds is 4. The summed E-state index contributed by atoms with van der Waals surface area (Å²) in [7, 11) is 2.15. The lowest BCUT2D eigenvalue weighted by molar-refractivity contribution is -0.0702. The summed E-state index contributed by atoms with van der Waals surface area (Å²) in [4.78, 5) is 2.84. The Labute approximate surface area is 118 Å². The molecule has 1 saturated heterocycles. The lowest BCUT2D eigenvalue weighted by Crippen LogP contribution is -2.56.